The number of rotatable bonds is 6. The second kappa shape index (κ2) is 8.56. The normalized spacial score (nSPS) is 10.3. The van der Waals surface area contributed by atoms with E-state index >= 15 is 0 Å². The van der Waals surface area contributed by atoms with Crippen LogP contribution in [-0.2, 0) is 11.2 Å². The van der Waals surface area contributed by atoms with Crippen LogP contribution >= 0.6 is 11.6 Å². The van der Waals surface area contributed by atoms with Crippen LogP contribution in [0.25, 0.3) is 0 Å². The fraction of sp³-hybridized carbons (Fsp3) is 0.143. The fourth-order valence-corrected chi connectivity index (χ4v) is 2.75. The molecule has 1 aromatic heterocycles. The van der Waals surface area contributed by atoms with Gasteiger partial charge in [0.2, 0.25) is 5.91 Å². The van der Waals surface area contributed by atoms with Crippen LogP contribution in [0, 0.1) is 6.92 Å². The van der Waals surface area contributed by atoms with Crippen LogP contribution < -0.4 is 15.4 Å². The van der Waals surface area contributed by atoms with Gasteiger partial charge in [-0.05, 0) is 36.2 Å². The Bertz CT molecular complexity index is 928. The summed E-state index contributed by atoms with van der Waals surface area (Å²) in [6.07, 6.45) is 1.93. The Labute approximate surface area is 163 Å². The first-order valence-electron chi connectivity index (χ1n) is 8.46. The summed E-state index contributed by atoms with van der Waals surface area (Å²) in [7, 11) is 1.59. The van der Waals surface area contributed by atoms with Crippen LogP contribution in [0.2, 0.25) is 5.02 Å². The van der Waals surface area contributed by atoms with E-state index in [4.69, 9.17) is 16.3 Å². The highest BCUT2D eigenvalue weighted by atomic mass is 35.5. The molecule has 1 amide bonds. The lowest BCUT2D eigenvalue weighted by Gasteiger charge is -2.13. The van der Waals surface area contributed by atoms with E-state index in [0.29, 0.717) is 28.7 Å². The maximum Gasteiger partial charge on any atom is 0.228 e. The van der Waals surface area contributed by atoms with Crippen molar-refractivity contribution in [1.82, 2.24) is 4.98 Å². The summed E-state index contributed by atoms with van der Waals surface area (Å²) in [5, 5.41) is 6.69. The number of nitrogens with zero attached hydrogens (tertiary/aromatic N) is 1. The average molecular weight is 382 g/mol. The zero-order chi connectivity index (χ0) is 19.2. The zero-order valence-corrected chi connectivity index (χ0v) is 15.9. The predicted octanol–water partition coefficient (Wildman–Crippen LogP) is 4.98. The van der Waals surface area contributed by atoms with E-state index in [1.54, 1.807) is 31.5 Å². The summed E-state index contributed by atoms with van der Waals surface area (Å²) in [6.45, 7) is 1.92. The summed E-state index contributed by atoms with van der Waals surface area (Å²) in [5.41, 5.74) is 3.31. The Balaban J connectivity index is 1.65. The standard InChI is InChI=1S/C21H20ClN3O2/c1-14-10-18(19(27-2)12-17(14)22)25-20-9-8-16(13-23-20)24-21(26)11-15-6-4-3-5-7-15/h3-10,12-13H,11H2,1-2H3,(H,23,25)(H,24,26). The Kier molecular flexibility index (Phi) is 5.94. The summed E-state index contributed by atoms with van der Waals surface area (Å²) in [5.74, 6) is 1.18. The lowest BCUT2D eigenvalue weighted by atomic mass is 10.1. The largest absolute Gasteiger partial charge is 0.495 e. The van der Waals surface area contributed by atoms with Gasteiger partial charge in [0.25, 0.3) is 0 Å². The van der Waals surface area contributed by atoms with E-state index in [1.165, 1.54) is 0 Å². The Morgan fingerprint density at radius 2 is 1.93 bits per heavy atom. The molecule has 0 aliphatic heterocycles. The SMILES string of the molecule is COc1cc(Cl)c(C)cc1Nc1ccc(NC(=O)Cc2ccccc2)cn1. The highest BCUT2D eigenvalue weighted by molar-refractivity contribution is 6.31. The number of nitrogens with one attached hydrogen (secondary N) is 2. The molecule has 0 unspecified atom stereocenters. The van der Waals surface area contributed by atoms with Gasteiger partial charge in [-0.1, -0.05) is 41.9 Å². The Morgan fingerprint density at radius 3 is 2.59 bits per heavy atom. The van der Waals surface area contributed by atoms with Gasteiger partial charge >= 0.3 is 0 Å². The summed E-state index contributed by atoms with van der Waals surface area (Å²) in [6, 6.07) is 16.9. The van der Waals surface area contributed by atoms with Crippen LogP contribution in [0.4, 0.5) is 17.2 Å². The molecule has 0 atom stereocenters. The van der Waals surface area contributed by atoms with Crippen molar-refractivity contribution in [3.63, 3.8) is 0 Å². The number of hydrogen-bond acceptors (Lipinski definition) is 4. The van der Waals surface area contributed by atoms with Gasteiger partial charge in [-0.15, -0.1) is 0 Å². The lowest BCUT2D eigenvalue weighted by molar-refractivity contribution is -0.115. The lowest BCUT2D eigenvalue weighted by Crippen LogP contribution is -2.14. The second-order valence-corrected chi connectivity index (χ2v) is 6.48. The molecular formula is C21H20ClN3O2. The van der Waals surface area contributed by atoms with Crippen LogP contribution in [0.3, 0.4) is 0 Å². The quantitative estimate of drug-likeness (QED) is 0.632. The number of aryl methyl sites for hydroxylation is 1. The van der Waals surface area contributed by atoms with Crippen LogP contribution in [0.15, 0.2) is 60.8 Å². The van der Waals surface area contributed by atoms with E-state index < -0.39 is 0 Å². The molecule has 0 aliphatic carbocycles. The summed E-state index contributed by atoms with van der Waals surface area (Å²) >= 11 is 6.13. The number of carbonyl (C=O) groups excluding carboxylic acids is 1. The first kappa shape index (κ1) is 18.7. The number of aromatic nitrogens is 1. The van der Waals surface area contributed by atoms with E-state index in [-0.39, 0.29) is 5.91 Å². The van der Waals surface area contributed by atoms with Crippen LogP contribution in [0.1, 0.15) is 11.1 Å². The first-order chi connectivity index (χ1) is 13.0. The second-order valence-electron chi connectivity index (χ2n) is 6.07. The van der Waals surface area contributed by atoms with Crippen molar-refractivity contribution in [3.05, 3.63) is 76.9 Å². The van der Waals surface area contributed by atoms with Crippen molar-refractivity contribution in [3.8, 4) is 5.75 Å². The van der Waals surface area contributed by atoms with Gasteiger partial charge in [-0.3, -0.25) is 4.79 Å². The molecule has 0 saturated carbocycles. The Morgan fingerprint density at radius 1 is 1.15 bits per heavy atom. The molecular weight excluding hydrogens is 362 g/mol. The van der Waals surface area contributed by atoms with Crippen molar-refractivity contribution in [2.75, 3.05) is 17.7 Å². The maximum absolute atomic E-state index is 12.1. The van der Waals surface area contributed by atoms with Crippen molar-refractivity contribution in [2.24, 2.45) is 0 Å². The molecule has 3 aromatic rings. The maximum atomic E-state index is 12.1. The molecule has 0 fully saturated rings. The minimum atomic E-state index is -0.0845. The van der Waals surface area contributed by atoms with Gasteiger partial charge in [0.1, 0.15) is 11.6 Å². The molecule has 2 N–H and O–H groups in total. The molecule has 138 valence electrons. The van der Waals surface area contributed by atoms with Crippen molar-refractivity contribution in [1.29, 1.82) is 0 Å². The third-order valence-corrected chi connectivity index (χ3v) is 4.41. The molecule has 2 aromatic carbocycles. The minimum Gasteiger partial charge on any atom is -0.495 e. The molecule has 0 bridgehead atoms. The van der Waals surface area contributed by atoms with E-state index in [0.717, 1.165) is 16.8 Å². The zero-order valence-electron chi connectivity index (χ0n) is 15.1. The van der Waals surface area contributed by atoms with E-state index in [2.05, 4.69) is 15.6 Å². The fourth-order valence-electron chi connectivity index (χ4n) is 2.60. The van der Waals surface area contributed by atoms with Gasteiger partial charge in [-0.2, -0.15) is 0 Å². The molecule has 0 aliphatic rings. The van der Waals surface area contributed by atoms with Gasteiger partial charge < -0.3 is 15.4 Å². The molecule has 27 heavy (non-hydrogen) atoms. The van der Waals surface area contributed by atoms with E-state index in [1.807, 2.05) is 43.3 Å². The smallest absolute Gasteiger partial charge is 0.228 e. The van der Waals surface area contributed by atoms with Crippen LogP contribution in [-0.4, -0.2) is 18.0 Å². The molecule has 0 saturated heterocycles. The number of ether oxygens (including phenoxy) is 1. The number of anilines is 3. The molecule has 1 heterocycles. The number of pyridine rings is 1. The molecule has 6 heteroatoms. The summed E-state index contributed by atoms with van der Waals surface area (Å²) in [4.78, 5) is 16.5. The van der Waals surface area contributed by atoms with Crippen molar-refractivity contribution < 1.29 is 9.53 Å². The van der Waals surface area contributed by atoms with Gasteiger partial charge in [0, 0.05) is 11.1 Å². The highest BCUT2D eigenvalue weighted by Crippen LogP contribution is 2.32. The van der Waals surface area contributed by atoms with Crippen LogP contribution in [0.5, 0.6) is 5.75 Å². The molecule has 5 nitrogen and oxygen atoms in total. The van der Waals surface area contributed by atoms with E-state index in [9.17, 15) is 4.79 Å². The number of amides is 1. The average Bonchev–Trinajstić information content (AvgIpc) is 2.67. The number of carbonyl (C=O) groups is 1. The van der Waals surface area contributed by atoms with Gasteiger partial charge in [-0.25, -0.2) is 4.98 Å². The predicted molar refractivity (Wildman–Crippen MR) is 109 cm³/mol. The number of methoxy groups -OCH3 is 1. The van der Waals surface area contributed by atoms with Crippen molar-refractivity contribution >= 4 is 34.7 Å². The highest BCUT2D eigenvalue weighted by Gasteiger charge is 2.09. The number of benzene rings is 2. The monoisotopic (exact) mass is 381 g/mol. The molecule has 3 rings (SSSR count). The first-order valence-corrected chi connectivity index (χ1v) is 8.84. The van der Waals surface area contributed by atoms with Crippen molar-refractivity contribution in [2.45, 2.75) is 13.3 Å². The third kappa shape index (κ3) is 4.99. The molecule has 0 radical (unpaired) electrons. The number of hydrogen-bond donors (Lipinski definition) is 2. The van der Waals surface area contributed by atoms with Gasteiger partial charge in [0.05, 0.1) is 31.1 Å². The number of halogens is 1. The molecule has 0 spiro atoms. The third-order valence-electron chi connectivity index (χ3n) is 4.00. The topological polar surface area (TPSA) is 63.2 Å². The van der Waals surface area contributed by atoms with Gasteiger partial charge in [0.15, 0.2) is 0 Å². The Hall–Kier alpha value is -3.05. The minimum absolute atomic E-state index is 0.0845. The summed E-state index contributed by atoms with van der Waals surface area (Å²) < 4.78 is 5.35.